The molecule has 0 bridgehead atoms. The maximum absolute atomic E-state index is 12.9. The van der Waals surface area contributed by atoms with Gasteiger partial charge in [-0.2, -0.15) is 10.1 Å². The number of nitrogens with zero attached hydrogens (tertiary/aromatic N) is 2. The lowest BCUT2D eigenvalue weighted by atomic mass is 9.76. The van der Waals surface area contributed by atoms with Gasteiger partial charge < -0.3 is 5.32 Å². The number of hydrogen-bond acceptors (Lipinski definition) is 4. The van der Waals surface area contributed by atoms with Crippen molar-refractivity contribution in [3.05, 3.63) is 42.2 Å². The molecular weight excluding hydrogens is 354 g/mol. The molecule has 3 N–H and O–H groups in total. The van der Waals surface area contributed by atoms with E-state index in [1.54, 1.807) is 0 Å². The highest BCUT2D eigenvalue weighted by atomic mass is 16.2. The van der Waals surface area contributed by atoms with E-state index in [0.29, 0.717) is 18.3 Å². The van der Waals surface area contributed by atoms with E-state index in [-0.39, 0.29) is 23.7 Å². The highest BCUT2D eigenvalue weighted by Gasteiger charge is 2.30. The quantitative estimate of drug-likeness (QED) is 0.684. The van der Waals surface area contributed by atoms with Gasteiger partial charge in [-0.25, -0.2) is 5.10 Å². The van der Waals surface area contributed by atoms with Crippen LogP contribution in [0.15, 0.2) is 36.7 Å². The third-order valence-corrected chi connectivity index (χ3v) is 5.66. The minimum atomic E-state index is -0.664. The molecule has 1 atom stereocenters. The summed E-state index contributed by atoms with van der Waals surface area (Å²) < 4.78 is 0. The van der Waals surface area contributed by atoms with Gasteiger partial charge in [-0.05, 0) is 43.1 Å². The zero-order valence-electron chi connectivity index (χ0n) is 16.5. The largest absolute Gasteiger partial charge is 0.344 e. The second-order valence-corrected chi connectivity index (χ2v) is 7.93. The van der Waals surface area contributed by atoms with E-state index in [1.807, 2.05) is 30.3 Å². The molecule has 1 aliphatic carbocycles. The monoisotopic (exact) mass is 383 g/mol. The van der Waals surface area contributed by atoms with Gasteiger partial charge in [-0.1, -0.05) is 44.2 Å². The number of anilines is 1. The summed E-state index contributed by atoms with van der Waals surface area (Å²) in [4.78, 5) is 29.5. The zero-order chi connectivity index (χ0) is 19.9. The molecule has 150 valence electrons. The van der Waals surface area contributed by atoms with E-state index in [4.69, 9.17) is 0 Å². The van der Waals surface area contributed by atoms with Crippen LogP contribution < -0.4 is 10.6 Å². The minimum Gasteiger partial charge on any atom is -0.344 e. The maximum Gasteiger partial charge on any atom is 0.249 e. The Kier molecular flexibility index (Phi) is 6.79. The highest BCUT2D eigenvalue weighted by Crippen LogP contribution is 2.33. The smallest absolute Gasteiger partial charge is 0.249 e. The van der Waals surface area contributed by atoms with Crippen molar-refractivity contribution in [3.8, 4) is 0 Å². The van der Waals surface area contributed by atoms with Crippen LogP contribution in [0.25, 0.3) is 0 Å². The van der Waals surface area contributed by atoms with Crippen LogP contribution in [0.4, 0.5) is 5.95 Å². The zero-order valence-corrected chi connectivity index (χ0v) is 16.5. The molecule has 1 aromatic carbocycles. The van der Waals surface area contributed by atoms with Crippen LogP contribution >= 0.6 is 0 Å². The summed E-state index contributed by atoms with van der Waals surface area (Å²) in [5, 5.41) is 12.0. The van der Waals surface area contributed by atoms with Gasteiger partial charge in [0.2, 0.25) is 17.8 Å². The Bertz CT molecular complexity index is 752. The number of carbonyl (C=O) groups is 2. The van der Waals surface area contributed by atoms with Gasteiger partial charge in [0.25, 0.3) is 0 Å². The number of H-pyrrole nitrogens is 1. The molecule has 2 amide bonds. The Morgan fingerprint density at radius 3 is 2.46 bits per heavy atom. The van der Waals surface area contributed by atoms with Crippen LogP contribution in [-0.2, 0) is 16.0 Å². The average molecular weight is 383 g/mol. The molecule has 0 spiro atoms. The van der Waals surface area contributed by atoms with Gasteiger partial charge in [-0.15, -0.1) is 0 Å². The Morgan fingerprint density at radius 1 is 1.14 bits per heavy atom. The normalized spacial score (nSPS) is 20.5. The molecule has 0 saturated heterocycles. The Labute approximate surface area is 165 Å². The molecule has 0 aliphatic heterocycles. The van der Waals surface area contributed by atoms with Crippen molar-refractivity contribution < 1.29 is 9.59 Å². The van der Waals surface area contributed by atoms with E-state index in [0.717, 1.165) is 31.2 Å². The first-order valence-corrected chi connectivity index (χ1v) is 10.0. The SMILES string of the molecule is CC(C)C1CCC(C(=O)N[C@H](Cc2ccccc2)C(=O)Nc2ncn[nH]2)CC1. The average Bonchev–Trinajstić information content (AvgIpc) is 3.21. The lowest BCUT2D eigenvalue weighted by Gasteiger charge is -2.31. The molecule has 1 aromatic heterocycles. The highest BCUT2D eigenvalue weighted by molar-refractivity contribution is 5.96. The summed E-state index contributed by atoms with van der Waals surface area (Å²) in [6, 6.07) is 9.02. The molecule has 1 saturated carbocycles. The van der Waals surface area contributed by atoms with Crippen molar-refractivity contribution in [2.24, 2.45) is 17.8 Å². The van der Waals surface area contributed by atoms with E-state index >= 15 is 0 Å². The van der Waals surface area contributed by atoms with Gasteiger partial charge in [0.1, 0.15) is 12.4 Å². The topological polar surface area (TPSA) is 99.8 Å². The lowest BCUT2D eigenvalue weighted by Crippen LogP contribution is -2.48. The molecule has 0 radical (unpaired) electrons. The molecule has 1 aliphatic rings. The van der Waals surface area contributed by atoms with Crippen LogP contribution in [0, 0.1) is 17.8 Å². The minimum absolute atomic E-state index is 0.0219. The number of rotatable bonds is 7. The first-order valence-electron chi connectivity index (χ1n) is 10.0. The molecule has 1 heterocycles. The Balaban J connectivity index is 1.64. The van der Waals surface area contributed by atoms with Crippen molar-refractivity contribution >= 4 is 17.8 Å². The Morgan fingerprint density at radius 2 is 1.86 bits per heavy atom. The van der Waals surface area contributed by atoms with Crippen molar-refractivity contribution in [2.45, 2.75) is 52.0 Å². The molecule has 2 aromatic rings. The van der Waals surface area contributed by atoms with Gasteiger partial charge in [0, 0.05) is 12.3 Å². The standard InChI is InChI=1S/C21H29N5O2/c1-14(2)16-8-10-17(11-9-16)19(27)24-18(12-15-6-4-3-5-7-15)20(28)25-21-22-13-23-26-21/h3-7,13-14,16-18H,8-12H2,1-2H3,(H,24,27)(H2,22,23,25,26,28)/t16?,17?,18-/m1/s1. The number of nitrogens with one attached hydrogen (secondary N) is 3. The molecule has 0 unspecified atom stereocenters. The molecule has 7 heteroatoms. The van der Waals surface area contributed by atoms with E-state index in [1.165, 1.54) is 6.33 Å². The van der Waals surface area contributed by atoms with Gasteiger partial charge >= 0.3 is 0 Å². The summed E-state index contributed by atoms with van der Waals surface area (Å²) >= 11 is 0. The van der Waals surface area contributed by atoms with E-state index in [2.05, 4.69) is 39.7 Å². The molecule has 28 heavy (non-hydrogen) atoms. The summed E-state index contributed by atoms with van der Waals surface area (Å²) in [7, 11) is 0. The number of amides is 2. The number of benzene rings is 1. The van der Waals surface area contributed by atoms with Crippen molar-refractivity contribution in [2.75, 3.05) is 5.32 Å². The first kappa shape index (κ1) is 20.0. The lowest BCUT2D eigenvalue weighted by molar-refractivity contribution is -0.130. The predicted octanol–water partition coefficient (Wildman–Crippen LogP) is 2.93. The van der Waals surface area contributed by atoms with Crippen molar-refractivity contribution in [1.29, 1.82) is 0 Å². The fourth-order valence-corrected chi connectivity index (χ4v) is 3.87. The number of hydrogen-bond donors (Lipinski definition) is 3. The fraction of sp³-hybridized carbons (Fsp3) is 0.524. The van der Waals surface area contributed by atoms with Gasteiger partial charge in [0.15, 0.2) is 0 Å². The third kappa shape index (κ3) is 5.41. The molecule has 7 nitrogen and oxygen atoms in total. The van der Waals surface area contributed by atoms with E-state index in [9.17, 15) is 9.59 Å². The van der Waals surface area contributed by atoms with Gasteiger partial charge in [0.05, 0.1) is 0 Å². The summed E-state index contributed by atoms with van der Waals surface area (Å²) in [5.41, 5.74) is 0.990. The second kappa shape index (κ2) is 9.48. The second-order valence-electron chi connectivity index (χ2n) is 7.93. The predicted molar refractivity (Wildman–Crippen MR) is 107 cm³/mol. The molecular formula is C21H29N5O2. The van der Waals surface area contributed by atoms with Crippen LogP contribution in [0.3, 0.4) is 0 Å². The third-order valence-electron chi connectivity index (χ3n) is 5.66. The Hall–Kier alpha value is -2.70. The van der Waals surface area contributed by atoms with Crippen molar-refractivity contribution in [1.82, 2.24) is 20.5 Å². The van der Waals surface area contributed by atoms with Crippen molar-refractivity contribution in [3.63, 3.8) is 0 Å². The molecule has 1 fully saturated rings. The number of carbonyl (C=O) groups excluding carboxylic acids is 2. The number of aromatic amines is 1. The van der Waals surface area contributed by atoms with Gasteiger partial charge in [-0.3, -0.25) is 14.9 Å². The summed E-state index contributed by atoms with van der Waals surface area (Å²) in [6.07, 6.45) is 5.67. The number of aromatic nitrogens is 3. The van der Waals surface area contributed by atoms with Crippen LogP contribution in [0.5, 0.6) is 0 Å². The van der Waals surface area contributed by atoms with Crippen LogP contribution in [-0.4, -0.2) is 33.0 Å². The van der Waals surface area contributed by atoms with Crippen LogP contribution in [0.2, 0.25) is 0 Å². The maximum atomic E-state index is 12.9. The molecule has 3 rings (SSSR count). The summed E-state index contributed by atoms with van der Waals surface area (Å²) in [5.74, 6) is 1.27. The first-order chi connectivity index (χ1) is 13.5. The van der Waals surface area contributed by atoms with E-state index < -0.39 is 6.04 Å². The van der Waals surface area contributed by atoms with Crippen LogP contribution in [0.1, 0.15) is 45.1 Å². The summed E-state index contributed by atoms with van der Waals surface area (Å²) in [6.45, 7) is 4.49. The fourth-order valence-electron chi connectivity index (χ4n) is 3.87.